The summed E-state index contributed by atoms with van der Waals surface area (Å²) in [6.07, 6.45) is 1.58. The summed E-state index contributed by atoms with van der Waals surface area (Å²) in [6.45, 7) is 0.815. The second-order valence-electron chi connectivity index (χ2n) is 4.54. The van der Waals surface area contributed by atoms with Gasteiger partial charge < -0.3 is 10.0 Å². The normalized spacial score (nSPS) is 19.9. The number of benzene rings is 1. The Morgan fingerprint density at radius 2 is 2.06 bits per heavy atom. The van der Waals surface area contributed by atoms with Crippen LogP contribution in [0.1, 0.15) is 23.2 Å². The summed E-state index contributed by atoms with van der Waals surface area (Å²) >= 11 is 0. The molecule has 2 rings (SSSR count). The van der Waals surface area contributed by atoms with Gasteiger partial charge in [-0.1, -0.05) is 6.07 Å². The van der Waals surface area contributed by atoms with Crippen LogP contribution in [0.5, 0.6) is 0 Å². The van der Waals surface area contributed by atoms with E-state index in [0.717, 1.165) is 25.0 Å². The third kappa shape index (κ3) is 2.51. The van der Waals surface area contributed by atoms with Gasteiger partial charge in [0, 0.05) is 19.7 Å². The molecule has 1 fully saturated rings. The maximum atomic E-state index is 13.5. The fourth-order valence-electron chi connectivity index (χ4n) is 2.26. The van der Waals surface area contributed by atoms with Crippen molar-refractivity contribution in [2.24, 2.45) is 5.92 Å². The van der Waals surface area contributed by atoms with Crippen LogP contribution in [-0.4, -0.2) is 35.6 Å². The van der Waals surface area contributed by atoms with E-state index < -0.39 is 23.1 Å². The molecular weight excluding hydrogens is 240 g/mol. The third-order valence-corrected chi connectivity index (χ3v) is 3.24. The predicted octanol–water partition coefficient (Wildman–Crippen LogP) is 1.81. The third-order valence-electron chi connectivity index (χ3n) is 3.24. The van der Waals surface area contributed by atoms with Crippen LogP contribution < -0.4 is 0 Å². The zero-order valence-corrected chi connectivity index (χ0v) is 9.90. The number of piperidine rings is 1. The molecule has 0 bridgehead atoms. The summed E-state index contributed by atoms with van der Waals surface area (Å²) in [6, 6.07) is 3.38. The number of aliphatic hydroxyl groups is 1. The average Bonchev–Trinajstić information content (AvgIpc) is 2.38. The van der Waals surface area contributed by atoms with Crippen molar-refractivity contribution in [3.63, 3.8) is 0 Å². The topological polar surface area (TPSA) is 40.5 Å². The fourth-order valence-corrected chi connectivity index (χ4v) is 2.26. The minimum absolute atomic E-state index is 0.00228. The molecule has 1 aromatic rings. The first-order chi connectivity index (χ1) is 8.63. The molecule has 1 heterocycles. The van der Waals surface area contributed by atoms with Crippen LogP contribution in [0.25, 0.3) is 0 Å². The van der Waals surface area contributed by atoms with Gasteiger partial charge in [0.05, 0.1) is 0 Å². The van der Waals surface area contributed by atoms with Gasteiger partial charge in [-0.3, -0.25) is 4.79 Å². The average molecular weight is 255 g/mol. The van der Waals surface area contributed by atoms with E-state index in [0.29, 0.717) is 13.1 Å². The zero-order valence-electron chi connectivity index (χ0n) is 9.90. The molecule has 18 heavy (non-hydrogen) atoms. The molecular formula is C13H15F2NO2. The maximum Gasteiger partial charge on any atom is 0.259 e. The summed E-state index contributed by atoms with van der Waals surface area (Å²) in [5.41, 5.74) is -0.504. The Balaban J connectivity index is 2.20. The number of hydrogen-bond donors (Lipinski definition) is 1. The molecule has 0 saturated carbocycles. The van der Waals surface area contributed by atoms with Crippen LogP contribution in [-0.2, 0) is 0 Å². The first-order valence-electron chi connectivity index (χ1n) is 5.97. The standard InChI is InChI=1S/C13H15F2NO2/c14-10-4-1-5-11(15)12(10)13(18)16-6-2-3-9(7-16)8-17/h1,4-5,9,17H,2-3,6-8H2. The van der Waals surface area contributed by atoms with Crippen LogP contribution in [0.2, 0.25) is 0 Å². The number of likely N-dealkylation sites (tertiary alicyclic amines) is 1. The minimum Gasteiger partial charge on any atom is -0.396 e. The molecule has 1 aliphatic heterocycles. The number of aliphatic hydroxyl groups excluding tert-OH is 1. The van der Waals surface area contributed by atoms with Crippen LogP contribution in [0.3, 0.4) is 0 Å². The fraction of sp³-hybridized carbons (Fsp3) is 0.462. The molecule has 1 saturated heterocycles. The molecule has 0 spiro atoms. The Hall–Kier alpha value is -1.49. The lowest BCUT2D eigenvalue weighted by Gasteiger charge is -2.32. The summed E-state index contributed by atoms with van der Waals surface area (Å²) in [4.78, 5) is 13.5. The summed E-state index contributed by atoms with van der Waals surface area (Å²) < 4.78 is 27.0. The number of carbonyl (C=O) groups excluding carboxylic acids is 1. The highest BCUT2D eigenvalue weighted by Crippen LogP contribution is 2.20. The number of nitrogens with zero attached hydrogens (tertiary/aromatic N) is 1. The zero-order chi connectivity index (χ0) is 13.1. The first kappa shape index (κ1) is 13.0. The Morgan fingerprint density at radius 3 is 2.67 bits per heavy atom. The van der Waals surface area contributed by atoms with Crippen molar-refractivity contribution in [1.29, 1.82) is 0 Å². The Labute approximate surface area is 104 Å². The van der Waals surface area contributed by atoms with Gasteiger partial charge in [0.15, 0.2) is 0 Å². The van der Waals surface area contributed by atoms with Gasteiger partial charge in [0.25, 0.3) is 5.91 Å². The molecule has 0 radical (unpaired) electrons. The van der Waals surface area contributed by atoms with E-state index in [1.54, 1.807) is 0 Å². The summed E-state index contributed by atoms with van der Waals surface area (Å²) in [7, 11) is 0. The lowest BCUT2D eigenvalue weighted by Crippen LogP contribution is -2.41. The van der Waals surface area contributed by atoms with Crippen molar-refractivity contribution in [1.82, 2.24) is 4.90 Å². The largest absolute Gasteiger partial charge is 0.396 e. The number of amides is 1. The monoisotopic (exact) mass is 255 g/mol. The van der Waals surface area contributed by atoms with Gasteiger partial charge >= 0.3 is 0 Å². The van der Waals surface area contributed by atoms with Gasteiger partial charge in [-0.2, -0.15) is 0 Å². The molecule has 1 amide bonds. The van der Waals surface area contributed by atoms with E-state index in [1.165, 1.54) is 11.0 Å². The summed E-state index contributed by atoms with van der Waals surface area (Å²) in [5, 5.41) is 9.08. The molecule has 1 atom stereocenters. The van der Waals surface area contributed by atoms with Crippen molar-refractivity contribution in [3.8, 4) is 0 Å². The highest BCUT2D eigenvalue weighted by atomic mass is 19.1. The molecule has 1 N–H and O–H groups in total. The molecule has 98 valence electrons. The van der Waals surface area contributed by atoms with Crippen molar-refractivity contribution >= 4 is 5.91 Å². The second-order valence-corrected chi connectivity index (χ2v) is 4.54. The molecule has 5 heteroatoms. The van der Waals surface area contributed by atoms with E-state index in [9.17, 15) is 13.6 Å². The second kappa shape index (κ2) is 5.44. The molecule has 0 aromatic heterocycles. The smallest absolute Gasteiger partial charge is 0.259 e. The van der Waals surface area contributed by atoms with Crippen molar-refractivity contribution < 1.29 is 18.7 Å². The summed E-state index contributed by atoms with van der Waals surface area (Å²) in [5.74, 6) is -2.32. The van der Waals surface area contributed by atoms with E-state index in [-0.39, 0.29) is 12.5 Å². The van der Waals surface area contributed by atoms with Crippen molar-refractivity contribution in [2.75, 3.05) is 19.7 Å². The van der Waals surface area contributed by atoms with E-state index in [4.69, 9.17) is 5.11 Å². The van der Waals surface area contributed by atoms with Gasteiger partial charge in [-0.25, -0.2) is 8.78 Å². The van der Waals surface area contributed by atoms with E-state index in [1.807, 2.05) is 0 Å². The Kier molecular flexibility index (Phi) is 3.91. The SMILES string of the molecule is O=C(c1c(F)cccc1F)N1CCCC(CO)C1. The molecule has 1 aliphatic rings. The minimum atomic E-state index is -0.842. The van der Waals surface area contributed by atoms with Gasteiger partial charge in [0.1, 0.15) is 17.2 Å². The molecule has 1 unspecified atom stereocenters. The number of rotatable bonds is 2. The van der Waals surface area contributed by atoms with Crippen LogP contribution >= 0.6 is 0 Å². The van der Waals surface area contributed by atoms with E-state index in [2.05, 4.69) is 0 Å². The molecule has 3 nitrogen and oxygen atoms in total. The quantitative estimate of drug-likeness (QED) is 0.875. The van der Waals surface area contributed by atoms with Crippen LogP contribution in [0.15, 0.2) is 18.2 Å². The Bertz CT molecular complexity index is 430. The lowest BCUT2D eigenvalue weighted by atomic mass is 9.98. The van der Waals surface area contributed by atoms with Crippen LogP contribution in [0, 0.1) is 17.6 Å². The molecule has 0 aliphatic carbocycles. The van der Waals surface area contributed by atoms with Gasteiger partial charge in [-0.15, -0.1) is 0 Å². The lowest BCUT2D eigenvalue weighted by molar-refractivity contribution is 0.0611. The van der Waals surface area contributed by atoms with Crippen LogP contribution in [0.4, 0.5) is 8.78 Å². The number of carbonyl (C=O) groups is 1. The molecule has 1 aromatic carbocycles. The van der Waals surface area contributed by atoms with Gasteiger partial charge in [-0.05, 0) is 30.9 Å². The highest BCUT2D eigenvalue weighted by molar-refractivity contribution is 5.94. The number of hydrogen-bond acceptors (Lipinski definition) is 2. The highest BCUT2D eigenvalue weighted by Gasteiger charge is 2.27. The number of halogens is 2. The Morgan fingerprint density at radius 1 is 1.39 bits per heavy atom. The van der Waals surface area contributed by atoms with Crippen molar-refractivity contribution in [2.45, 2.75) is 12.8 Å². The van der Waals surface area contributed by atoms with Crippen molar-refractivity contribution in [3.05, 3.63) is 35.4 Å². The predicted molar refractivity (Wildman–Crippen MR) is 62.1 cm³/mol. The van der Waals surface area contributed by atoms with E-state index >= 15 is 0 Å². The first-order valence-corrected chi connectivity index (χ1v) is 5.97. The van der Waals surface area contributed by atoms with Gasteiger partial charge in [0.2, 0.25) is 0 Å². The maximum absolute atomic E-state index is 13.5.